The molecule has 1 aliphatic heterocycles. The molecule has 0 atom stereocenters. The third-order valence-electron chi connectivity index (χ3n) is 4.48. The van der Waals surface area contributed by atoms with E-state index in [0.29, 0.717) is 6.54 Å². The Hall–Kier alpha value is -1.75. The molecule has 2 rings (SSSR count). The lowest BCUT2D eigenvalue weighted by Crippen LogP contribution is -2.34. The molecular formula is C19H26F2N2O. The number of amides is 1. The summed E-state index contributed by atoms with van der Waals surface area (Å²) < 4.78 is 26.9. The smallest absolute Gasteiger partial charge is 0.244 e. The van der Waals surface area contributed by atoms with E-state index in [2.05, 4.69) is 17.1 Å². The number of piperidine rings is 1. The van der Waals surface area contributed by atoms with Crippen LogP contribution in [0.2, 0.25) is 0 Å². The third kappa shape index (κ3) is 6.04. The second-order valence-corrected chi connectivity index (χ2v) is 6.49. The number of hydrogen-bond acceptors (Lipinski definition) is 2. The Labute approximate surface area is 142 Å². The summed E-state index contributed by atoms with van der Waals surface area (Å²) in [6.07, 6.45) is 6.84. The van der Waals surface area contributed by atoms with Crippen LogP contribution in [-0.2, 0) is 4.79 Å². The predicted octanol–water partition coefficient (Wildman–Crippen LogP) is 3.61. The van der Waals surface area contributed by atoms with Gasteiger partial charge in [-0.05, 0) is 69.4 Å². The number of likely N-dealkylation sites (tertiary alicyclic amines) is 1. The van der Waals surface area contributed by atoms with E-state index in [9.17, 15) is 13.6 Å². The van der Waals surface area contributed by atoms with Crippen molar-refractivity contribution in [3.05, 3.63) is 41.5 Å². The summed E-state index contributed by atoms with van der Waals surface area (Å²) in [4.78, 5) is 14.2. The van der Waals surface area contributed by atoms with Gasteiger partial charge >= 0.3 is 0 Å². The summed E-state index contributed by atoms with van der Waals surface area (Å²) in [5.41, 5.74) is -0.188. The van der Waals surface area contributed by atoms with Crippen molar-refractivity contribution in [1.29, 1.82) is 0 Å². The molecule has 1 aromatic carbocycles. The van der Waals surface area contributed by atoms with Gasteiger partial charge < -0.3 is 10.2 Å². The van der Waals surface area contributed by atoms with Crippen molar-refractivity contribution in [2.75, 3.05) is 26.2 Å². The van der Waals surface area contributed by atoms with Gasteiger partial charge in [0, 0.05) is 18.2 Å². The number of nitrogens with one attached hydrogen (secondary N) is 1. The Balaban J connectivity index is 1.62. The molecule has 1 aromatic rings. The minimum absolute atomic E-state index is 0.188. The predicted molar refractivity (Wildman–Crippen MR) is 92.5 cm³/mol. The Morgan fingerprint density at radius 1 is 1.25 bits per heavy atom. The van der Waals surface area contributed by atoms with E-state index < -0.39 is 11.6 Å². The zero-order chi connectivity index (χ0) is 17.4. The third-order valence-corrected chi connectivity index (χ3v) is 4.48. The Kier molecular flexibility index (Phi) is 7.37. The van der Waals surface area contributed by atoms with Gasteiger partial charge in [0.2, 0.25) is 5.91 Å². The number of unbranched alkanes of at least 4 members (excludes halogenated alkanes) is 1. The number of benzene rings is 1. The van der Waals surface area contributed by atoms with E-state index in [1.165, 1.54) is 56.3 Å². The fraction of sp³-hybridized carbons (Fsp3) is 0.526. The molecule has 0 saturated carbocycles. The van der Waals surface area contributed by atoms with Crippen molar-refractivity contribution in [3.8, 4) is 0 Å². The Bertz CT molecular complexity index is 546. The lowest BCUT2D eigenvalue weighted by Gasteiger charge is -2.30. The van der Waals surface area contributed by atoms with Crippen LogP contribution in [0.3, 0.4) is 0 Å². The standard InChI is InChI=1S/C19H26F2N2O/c1-15-9-13-23(14-10-15)12-3-2-11-22-19(24)8-7-16-17(20)5-4-6-18(16)21/h4-8,15H,2-3,9-14H2,1H3,(H,22,24)/b8-7-. The summed E-state index contributed by atoms with van der Waals surface area (Å²) in [5, 5.41) is 2.75. The second kappa shape index (κ2) is 9.52. The largest absolute Gasteiger partial charge is 0.353 e. The number of carbonyl (C=O) groups excluding carboxylic acids is 1. The molecule has 0 radical (unpaired) electrons. The molecule has 1 fully saturated rings. The maximum Gasteiger partial charge on any atom is 0.244 e. The average Bonchev–Trinajstić information content (AvgIpc) is 2.56. The van der Waals surface area contributed by atoms with Crippen molar-refractivity contribution in [2.24, 2.45) is 5.92 Å². The van der Waals surface area contributed by atoms with Crippen molar-refractivity contribution in [2.45, 2.75) is 32.6 Å². The molecule has 24 heavy (non-hydrogen) atoms. The van der Waals surface area contributed by atoms with Crippen LogP contribution in [0.4, 0.5) is 8.78 Å². The molecular weight excluding hydrogens is 310 g/mol. The Morgan fingerprint density at radius 3 is 2.58 bits per heavy atom. The van der Waals surface area contributed by atoms with Crippen LogP contribution in [0.1, 0.15) is 38.2 Å². The van der Waals surface area contributed by atoms with Gasteiger partial charge in [-0.2, -0.15) is 0 Å². The zero-order valence-electron chi connectivity index (χ0n) is 14.2. The minimum atomic E-state index is -0.671. The van der Waals surface area contributed by atoms with Gasteiger partial charge in [0.15, 0.2) is 0 Å². The van der Waals surface area contributed by atoms with Crippen LogP contribution in [0.25, 0.3) is 6.08 Å². The molecule has 1 aliphatic rings. The van der Waals surface area contributed by atoms with E-state index in [1.54, 1.807) is 0 Å². The SMILES string of the molecule is CC1CCN(CCCCNC(=O)/C=C\c2c(F)cccc2F)CC1. The second-order valence-electron chi connectivity index (χ2n) is 6.49. The molecule has 5 heteroatoms. The van der Waals surface area contributed by atoms with Crippen LogP contribution in [0.15, 0.2) is 24.3 Å². The zero-order valence-corrected chi connectivity index (χ0v) is 14.2. The number of nitrogens with zero attached hydrogens (tertiary/aromatic N) is 1. The molecule has 0 spiro atoms. The lowest BCUT2D eigenvalue weighted by molar-refractivity contribution is -0.116. The molecule has 0 unspecified atom stereocenters. The summed E-state index contributed by atoms with van der Waals surface area (Å²) in [5.74, 6) is -0.833. The topological polar surface area (TPSA) is 32.3 Å². The normalized spacial score (nSPS) is 16.6. The highest BCUT2D eigenvalue weighted by Gasteiger charge is 2.14. The van der Waals surface area contributed by atoms with E-state index in [0.717, 1.165) is 25.3 Å². The highest BCUT2D eigenvalue weighted by Crippen LogP contribution is 2.16. The molecule has 1 N–H and O–H groups in total. The number of carbonyl (C=O) groups is 1. The average molecular weight is 336 g/mol. The van der Waals surface area contributed by atoms with Crippen molar-refractivity contribution in [1.82, 2.24) is 10.2 Å². The molecule has 0 aliphatic carbocycles. The molecule has 0 aromatic heterocycles. The Morgan fingerprint density at radius 2 is 1.92 bits per heavy atom. The molecule has 0 bridgehead atoms. The highest BCUT2D eigenvalue weighted by atomic mass is 19.1. The van der Waals surface area contributed by atoms with Crippen LogP contribution >= 0.6 is 0 Å². The van der Waals surface area contributed by atoms with Crippen LogP contribution in [0.5, 0.6) is 0 Å². The molecule has 3 nitrogen and oxygen atoms in total. The monoisotopic (exact) mass is 336 g/mol. The van der Waals surface area contributed by atoms with E-state index in [1.807, 2.05) is 0 Å². The first-order chi connectivity index (χ1) is 11.6. The maximum absolute atomic E-state index is 13.4. The van der Waals surface area contributed by atoms with Gasteiger partial charge in [-0.15, -0.1) is 0 Å². The fourth-order valence-electron chi connectivity index (χ4n) is 2.85. The van der Waals surface area contributed by atoms with Crippen LogP contribution in [-0.4, -0.2) is 37.0 Å². The number of hydrogen-bond donors (Lipinski definition) is 1. The first kappa shape index (κ1) is 18.6. The van der Waals surface area contributed by atoms with Gasteiger partial charge in [0.25, 0.3) is 0 Å². The van der Waals surface area contributed by atoms with Gasteiger partial charge in [0.1, 0.15) is 11.6 Å². The van der Waals surface area contributed by atoms with E-state index >= 15 is 0 Å². The van der Waals surface area contributed by atoms with Crippen molar-refractivity contribution >= 4 is 12.0 Å². The quantitative estimate of drug-likeness (QED) is 0.609. The first-order valence-electron chi connectivity index (χ1n) is 8.68. The van der Waals surface area contributed by atoms with Crippen molar-refractivity contribution in [3.63, 3.8) is 0 Å². The molecule has 1 saturated heterocycles. The van der Waals surface area contributed by atoms with Gasteiger partial charge in [-0.25, -0.2) is 8.78 Å². The van der Waals surface area contributed by atoms with Gasteiger partial charge in [-0.3, -0.25) is 4.79 Å². The summed E-state index contributed by atoms with van der Waals surface area (Å²) in [6, 6.07) is 3.63. The minimum Gasteiger partial charge on any atom is -0.353 e. The van der Waals surface area contributed by atoms with Crippen molar-refractivity contribution < 1.29 is 13.6 Å². The number of halogens is 2. The summed E-state index contributed by atoms with van der Waals surface area (Å²) in [7, 11) is 0. The number of rotatable bonds is 7. The lowest BCUT2D eigenvalue weighted by atomic mass is 9.99. The maximum atomic E-state index is 13.4. The van der Waals surface area contributed by atoms with Gasteiger partial charge in [-0.1, -0.05) is 13.0 Å². The van der Waals surface area contributed by atoms with Gasteiger partial charge in [0.05, 0.1) is 0 Å². The molecule has 1 heterocycles. The van der Waals surface area contributed by atoms with Crippen LogP contribution in [0, 0.1) is 17.6 Å². The van der Waals surface area contributed by atoms with E-state index in [-0.39, 0.29) is 11.5 Å². The first-order valence-corrected chi connectivity index (χ1v) is 8.68. The molecule has 1 amide bonds. The van der Waals surface area contributed by atoms with Crippen LogP contribution < -0.4 is 5.32 Å². The summed E-state index contributed by atoms with van der Waals surface area (Å²) >= 11 is 0. The fourth-order valence-corrected chi connectivity index (χ4v) is 2.85. The molecule has 132 valence electrons. The highest BCUT2D eigenvalue weighted by molar-refractivity contribution is 5.91. The van der Waals surface area contributed by atoms with E-state index in [4.69, 9.17) is 0 Å². The summed E-state index contributed by atoms with van der Waals surface area (Å²) in [6.45, 7) is 6.29.